The molecule has 0 atom stereocenters. The van der Waals surface area contributed by atoms with E-state index in [9.17, 15) is 22.8 Å². The summed E-state index contributed by atoms with van der Waals surface area (Å²) >= 11 is 0. The Bertz CT molecular complexity index is 684. The molecule has 0 aromatic heterocycles. The summed E-state index contributed by atoms with van der Waals surface area (Å²) in [6, 6.07) is 4.79. The summed E-state index contributed by atoms with van der Waals surface area (Å²) < 4.78 is 39.0. The predicted molar refractivity (Wildman–Crippen MR) is 93.5 cm³/mol. The maximum atomic E-state index is 13.0. The number of nitrogens with one attached hydrogen (secondary N) is 1. The number of nitrogens with zero attached hydrogens (tertiary/aromatic N) is 1. The number of anilines is 1. The molecule has 142 valence electrons. The molecule has 0 unspecified atom stereocenters. The largest absolute Gasteiger partial charge is 0.418 e. The molecule has 26 heavy (non-hydrogen) atoms. The molecule has 0 saturated heterocycles. The van der Waals surface area contributed by atoms with Gasteiger partial charge in [-0.2, -0.15) is 13.2 Å². The van der Waals surface area contributed by atoms with Crippen LogP contribution in [0.15, 0.2) is 35.9 Å². The molecule has 1 N–H and O–H groups in total. The first-order valence-corrected chi connectivity index (χ1v) is 8.67. The molecule has 0 aliphatic heterocycles. The quantitative estimate of drug-likeness (QED) is 0.758. The van der Waals surface area contributed by atoms with Crippen LogP contribution in [0.3, 0.4) is 0 Å². The molecule has 1 aliphatic carbocycles. The van der Waals surface area contributed by atoms with Crippen LogP contribution in [0, 0.1) is 0 Å². The minimum atomic E-state index is -4.56. The van der Waals surface area contributed by atoms with Gasteiger partial charge in [0.05, 0.1) is 17.8 Å². The predicted octanol–water partition coefficient (Wildman–Crippen LogP) is 4.38. The third-order valence-electron chi connectivity index (χ3n) is 4.37. The first kappa shape index (κ1) is 20.0. The Labute approximate surface area is 151 Å². The van der Waals surface area contributed by atoms with Gasteiger partial charge < -0.3 is 10.2 Å². The fraction of sp³-hybridized carbons (Fsp3) is 0.474. The molecule has 0 heterocycles. The second-order valence-electron chi connectivity index (χ2n) is 6.39. The fourth-order valence-corrected chi connectivity index (χ4v) is 2.96. The minimum Gasteiger partial charge on any atom is -0.333 e. The number of halogens is 3. The second kappa shape index (κ2) is 8.87. The van der Waals surface area contributed by atoms with Gasteiger partial charge in [0.15, 0.2) is 0 Å². The topological polar surface area (TPSA) is 49.4 Å². The molecule has 0 saturated carbocycles. The van der Waals surface area contributed by atoms with E-state index in [0.717, 1.165) is 25.3 Å². The van der Waals surface area contributed by atoms with E-state index in [1.54, 1.807) is 0 Å². The summed E-state index contributed by atoms with van der Waals surface area (Å²) in [7, 11) is 0. The number of hydrogen-bond acceptors (Lipinski definition) is 2. The molecule has 7 heteroatoms. The van der Waals surface area contributed by atoms with E-state index in [4.69, 9.17) is 0 Å². The number of carbonyl (C=O) groups is 2. The smallest absolute Gasteiger partial charge is 0.333 e. The van der Waals surface area contributed by atoms with E-state index in [1.807, 2.05) is 0 Å². The molecule has 0 bridgehead atoms. The Morgan fingerprint density at radius 3 is 2.54 bits per heavy atom. The van der Waals surface area contributed by atoms with Crippen molar-refractivity contribution in [1.29, 1.82) is 0 Å². The van der Waals surface area contributed by atoms with E-state index in [0.29, 0.717) is 13.0 Å². The van der Waals surface area contributed by atoms with Crippen molar-refractivity contribution in [1.82, 2.24) is 4.90 Å². The van der Waals surface area contributed by atoms with Gasteiger partial charge in [-0.1, -0.05) is 23.8 Å². The minimum absolute atomic E-state index is 0.269. The van der Waals surface area contributed by atoms with Gasteiger partial charge in [0.25, 0.3) is 0 Å². The van der Waals surface area contributed by atoms with Crippen molar-refractivity contribution in [2.45, 2.75) is 45.2 Å². The highest BCUT2D eigenvalue weighted by Gasteiger charge is 2.33. The molecule has 0 radical (unpaired) electrons. The van der Waals surface area contributed by atoms with Crippen LogP contribution < -0.4 is 5.32 Å². The lowest BCUT2D eigenvalue weighted by Crippen LogP contribution is -2.37. The molecule has 4 nitrogen and oxygen atoms in total. The van der Waals surface area contributed by atoms with Crippen LogP contribution in [0.25, 0.3) is 0 Å². The van der Waals surface area contributed by atoms with Crippen LogP contribution in [0.1, 0.15) is 44.6 Å². The summed E-state index contributed by atoms with van der Waals surface area (Å²) in [6.45, 7) is 1.47. The number of carbonyl (C=O) groups excluding carboxylic acids is 2. The van der Waals surface area contributed by atoms with E-state index in [-0.39, 0.29) is 18.1 Å². The van der Waals surface area contributed by atoms with Gasteiger partial charge in [0, 0.05) is 13.5 Å². The molecule has 1 aromatic carbocycles. The lowest BCUT2D eigenvalue weighted by molar-refractivity contribution is -0.137. The Morgan fingerprint density at radius 2 is 1.92 bits per heavy atom. The zero-order valence-corrected chi connectivity index (χ0v) is 14.7. The summed E-state index contributed by atoms with van der Waals surface area (Å²) in [5.41, 5.74) is 0.0592. The zero-order chi connectivity index (χ0) is 19.2. The van der Waals surface area contributed by atoms with Crippen molar-refractivity contribution in [3.8, 4) is 0 Å². The maximum absolute atomic E-state index is 13.0. The first-order chi connectivity index (χ1) is 12.3. The molecule has 2 rings (SSSR count). The summed E-state index contributed by atoms with van der Waals surface area (Å²) in [6.07, 6.45) is 2.62. The zero-order valence-electron chi connectivity index (χ0n) is 14.7. The first-order valence-electron chi connectivity index (χ1n) is 8.67. The number of benzene rings is 1. The molecule has 2 amide bonds. The van der Waals surface area contributed by atoms with Crippen LogP contribution >= 0.6 is 0 Å². The average molecular weight is 368 g/mol. The number of amides is 2. The van der Waals surface area contributed by atoms with Gasteiger partial charge in [-0.25, -0.2) is 0 Å². The standard InChI is InChI=1S/C19H23F3N2O2/c1-14(25)24(12-11-15-7-3-2-4-8-15)13-18(26)23-17-10-6-5-9-16(17)19(20,21)22/h5-7,9-10H,2-4,8,11-13H2,1H3,(H,23,26). The highest BCUT2D eigenvalue weighted by Crippen LogP contribution is 2.34. The lowest BCUT2D eigenvalue weighted by atomic mass is 9.97. The van der Waals surface area contributed by atoms with Gasteiger partial charge in [0.2, 0.25) is 11.8 Å². The Morgan fingerprint density at radius 1 is 1.19 bits per heavy atom. The van der Waals surface area contributed by atoms with Crippen LogP contribution in [0.4, 0.5) is 18.9 Å². The molecule has 1 aromatic rings. The van der Waals surface area contributed by atoms with Gasteiger partial charge in [-0.05, 0) is 44.2 Å². The monoisotopic (exact) mass is 368 g/mol. The fourth-order valence-electron chi connectivity index (χ4n) is 2.96. The van der Waals surface area contributed by atoms with Gasteiger partial charge in [0.1, 0.15) is 0 Å². The van der Waals surface area contributed by atoms with Crippen molar-refractivity contribution in [2.75, 3.05) is 18.4 Å². The number of para-hydroxylation sites is 1. The van der Waals surface area contributed by atoms with Crippen LogP contribution in [-0.4, -0.2) is 29.8 Å². The third kappa shape index (κ3) is 5.89. The Kier molecular flexibility index (Phi) is 6.83. The normalized spacial score (nSPS) is 14.5. The number of allylic oxidation sites excluding steroid dienone is 1. The molecule has 0 fully saturated rings. The van der Waals surface area contributed by atoms with E-state index in [2.05, 4.69) is 11.4 Å². The SMILES string of the molecule is CC(=O)N(CCC1=CCCCC1)CC(=O)Nc1ccccc1C(F)(F)F. The van der Waals surface area contributed by atoms with Gasteiger partial charge in [-0.3, -0.25) is 9.59 Å². The van der Waals surface area contributed by atoms with Crippen LogP contribution in [0.2, 0.25) is 0 Å². The molecule has 0 spiro atoms. The Balaban J connectivity index is 1.98. The van der Waals surface area contributed by atoms with Crippen molar-refractivity contribution in [2.24, 2.45) is 0 Å². The van der Waals surface area contributed by atoms with Gasteiger partial charge in [-0.15, -0.1) is 0 Å². The van der Waals surface area contributed by atoms with Crippen molar-refractivity contribution >= 4 is 17.5 Å². The maximum Gasteiger partial charge on any atom is 0.418 e. The number of rotatable bonds is 6. The molecular weight excluding hydrogens is 345 g/mol. The summed E-state index contributed by atoms with van der Waals surface area (Å²) in [5.74, 6) is -0.921. The summed E-state index contributed by atoms with van der Waals surface area (Å²) in [5, 5.41) is 2.27. The van der Waals surface area contributed by atoms with E-state index < -0.39 is 17.6 Å². The Hall–Kier alpha value is -2.31. The van der Waals surface area contributed by atoms with Crippen molar-refractivity contribution < 1.29 is 22.8 Å². The van der Waals surface area contributed by atoms with E-state index in [1.165, 1.54) is 42.0 Å². The lowest BCUT2D eigenvalue weighted by Gasteiger charge is -2.22. The molecule has 1 aliphatic rings. The number of alkyl halides is 3. The van der Waals surface area contributed by atoms with Crippen LogP contribution in [0.5, 0.6) is 0 Å². The summed E-state index contributed by atoms with van der Waals surface area (Å²) in [4.78, 5) is 25.3. The van der Waals surface area contributed by atoms with Gasteiger partial charge >= 0.3 is 6.18 Å². The third-order valence-corrected chi connectivity index (χ3v) is 4.37. The molecular formula is C19H23F3N2O2. The average Bonchev–Trinajstić information content (AvgIpc) is 2.58. The van der Waals surface area contributed by atoms with Crippen molar-refractivity contribution in [3.63, 3.8) is 0 Å². The number of hydrogen-bond donors (Lipinski definition) is 1. The van der Waals surface area contributed by atoms with Crippen LogP contribution in [-0.2, 0) is 15.8 Å². The highest BCUT2D eigenvalue weighted by molar-refractivity contribution is 5.95. The van der Waals surface area contributed by atoms with E-state index >= 15 is 0 Å². The highest BCUT2D eigenvalue weighted by atomic mass is 19.4. The second-order valence-corrected chi connectivity index (χ2v) is 6.39. The van der Waals surface area contributed by atoms with Crippen molar-refractivity contribution in [3.05, 3.63) is 41.5 Å².